The molecule has 2 rings (SSSR count). The van der Waals surface area contributed by atoms with E-state index in [2.05, 4.69) is 49.3 Å². The first kappa shape index (κ1) is 18.2. The number of piperazine rings is 1. The maximum absolute atomic E-state index is 2.72. The number of nitrogens with zero attached hydrogens (tertiary/aromatic N) is 3. The van der Waals surface area contributed by atoms with Gasteiger partial charge in [-0.1, -0.05) is 13.8 Å². The molecule has 2 aliphatic rings. The van der Waals surface area contributed by atoms with Gasteiger partial charge in [0.25, 0.3) is 0 Å². The second kappa shape index (κ2) is 8.65. The van der Waals surface area contributed by atoms with Crippen LogP contribution >= 0.6 is 0 Å². The Morgan fingerprint density at radius 3 is 2.18 bits per heavy atom. The second-order valence-electron chi connectivity index (χ2n) is 8.40. The van der Waals surface area contributed by atoms with E-state index in [4.69, 9.17) is 0 Å². The topological polar surface area (TPSA) is 9.72 Å². The minimum atomic E-state index is 0.732. The van der Waals surface area contributed by atoms with Gasteiger partial charge in [0, 0.05) is 38.3 Å². The quantitative estimate of drug-likeness (QED) is 0.746. The third-order valence-corrected chi connectivity index (χ3v) is 5.68. The normalized spacial score (nSPS) is 27.1. The van der Waals surface area contributed by atoms with Crippen molar-refractivity contribution < 1.29 is 0 Å². The Morgan fingerprint density at radius 1 is 0.955 bits per heavy atom. The Kier molecular flexibility index (Phi) is 7.17. The summed E-state index contributed by atoms with van der Waals surface area (Å²) in [4.78, 5) is 8.04. The molecule has 2 saturated heterocycles. The molecule has 1 unspecified atom stereocenters. The Labute approximate surface area is 139 Å². The summed E-state index contributed by atoms with van der Waals surface area (Å²) in [6.07, 6.45) is 4.25. The number of likely N-dealkylation sites (tertiary alicyclic amines) is 1. The van der Waals surface area contributed by atoms with Gasteiger partial charge in [0.2, 0.25) is 0 Å². The highest BCUT2D eigenvalue weighted by Crippen LogP contribution is 2.23. The van der Waals surface area contributed by atoms with Crippen molar-refractivity contribution in [3.63, 3.8) is 0 Å². The number of hydrogen-bond donors (Lipinski definition) is 0. The minimum absolute atomic E-state index is 0.732. The molecule has 2 aliphatic heterocycles. The molecule has 0 aromatic rings. The van der Waals surface area contributed by atoms with E-state index >= 15 is 0 Å². The highest BCUT2D eigenvalue weighted by molar-refractivity contribution is 4.81. The largest absolute Gasteiger partial charge is 0.301 e. The van der Waals surface area contributed by atoms with E-state index in [1.54, 1.807) is 0 Å². The van der Waals surface area contributed by atoms with Crippen LogP contribution in [0.1, 0.15) is 53.9 Å². The summed E-state index contributed by atoms with van der Waals surface area (Å²) in [6, 6.07) is 1.47. The van der Waals surface area contributed by atoms with Crippen LogP contribution in [0.15, 0.2) is 0 Å². The molecule has 0 aromatic heterocycles. The average molecular weight is 310 g/mol. The molecule has 2 heterocycles. The lowest BCUT2D eigenvalue weighted by Gasteiger charge is -2.41. The predicted octanol–water partition coefficient (Wildman–Crippen LogP) is 3.16. The van der Waals surface area contributed by atoms with E-state index in [0.29, 0.717) is 0 Å². The monoisotopic (exact) mass is 309 g/mol. The molecular formula is C19H39N3. The zero-order chi connectivity index (χ0) is 16.1. The fraction of sp³-hybridized carbons (Fsp3) is 1.00. The van der Waals surface area contributed by atoms with Crippen LogP contribution < -0.4 is 0 Å². The molecule has 0 saturated carbocycles. The number of hydrogen-bond acceptors (Lipinski definition) is 3. The van der Waals surface area contributed by atoms with Crippen LogP contribution in [-0.4, -0.2) is 72.6 Å². The summed E-state index contributed by atoms with van der Waals surface area (Å²) in [5, 5.41) is 0. The van der Waals surface area contributed by atoms with Crippen LogP contribution in [0.5, 0.6) is 0 Å². The first-order valence-corrected chi connectivity index (χ1v) is 9.66. The van der Waals surface area contributed by atoms with E-state index < -0.39 is 0 Å². The number of piperidine rings is 1. The molecule has 3 nitrogen and oxygen atoms in total. The van der Waals surface area contributed by atoms with Crippen molar-refractivity contribution in [1.29, 1.82) is 0 Å². The summed E-state index contributed by atoms with van der Waals surface area (Å²) < 4.78 is 0. The summed E-state index contributed by atoms with van der Waals surface area (Å²) >= 11 is 0. The lowest BCUT2D eigenvalue weighted by atomic mass is 9.92. The van der Waals surface area contributed by atoms with Gasteiger partial charge >= 0.3 is 0 Å². The van der Waals surface area contributed by atoms with E-state index in [1.165, 1.54) is 65.1 Å². The van der Waals surface area contributed by atoms with Crippen molar-refractivity contribution in [2.75, 3.05) is 45.8 Å². The number of rotatable bonds is 6. The summed E-state index contributed by atoms with van der Waals surface area (Å²) in [5.74, 6) is 1.76. The molecule has 0 aliphatic carbocycles. The fourth-order valence-corrected chi connectivity index (χ4v) is 4.14. The standard InChI is InChI=1S/C19H39N3/c1-16(2)14-22-13-12-20(15-18(22)5)9-6-19-7-10-21(11-8-19)17(3)4/h16-19H,6-15H2,1-5H3. The Balaban J connectivity index is 1.64. The van der Waals surface area contributed by atoms with Gasteiger partial charge in [-0.05, 0) is 71.5 Å². The first-order valence-electron chi connectivity index (χ1n) is 9.66. The van der Waals surface area contributed by atoms with E-state index in [-0.39, 0.29) is 0 Å². The first-order chi connectivity index (χ1) is 10.5. The summed E-state index contributed by atoms with van der Waals surface area (Å²) in [5.41, 5.74) is 0. The van der Waals surface area contributed by atoms with Gasteiger partial charge in [-0.3, -0.25) is 4.90 Å². The third kappa shape index (κ3) is 5.50. The van der Waals surface area contributed by atoms with Crippen molar-refractivity contribution in [1.82, 2.24) is 14.7 Å². The maximum atomic E-state index is 2.72. The van der Waals surface area contributed by atoms with Crippen LogP contribution in [0.2, 0.25) is 0 Å². The van der Waals surface area contributed by atoms with Crippen molar-refractivity contribution >= 4 is 0 Å². The Morgan fingerprint density at radius 2 is 1.64 bits per heavy atom. The van der Waals surface area contributed by atoms with Gasteiger partial charge in [0.05, 0.1) is 0 Å². The zero-order valence-corrected chi connectivity index (χ0v) is 15.7. The van der Waals surface area contributed by atoms with E-state index in [1.807, 2.05) is 0 Å². The molecule has 0 spiro atoms. The summed E-state index contributed by atoms with van der Waals surface area (Å²) in [6.45, 7) is 20.8. The van der Waals surface area contributed by atoms with E-state index in [0.717, 1.165) is 23.9 Å². The van der Waals surface area contributed by atoms with Gasteiger partial charge < -0.3 is 9.80 Å². The molecule has 22 heavy (non-hydrogen) atoms. The van der Waals surface area contributed by atoms with Crippen molar-refractivity contribution in [3.05, 3.63) is 0 Å². The zero-order valence-electron chi connectivity index (χ0n) is 15.7. The molecular weight excluding hydrogens is 270 g/mol. The molecule has 2 fully saturated rings. The lowest BCUT2D eigenvalue weighted by Crippen LogP contribution is -2.53. The average Bonchev–Trinajstić information content (AvgIpc) is 2.47. The van der Waals surface area contributed by atoms with Gasteiger partial charge in [0.15, 0.2) is 0 Å². The smallest absolute Gasteiger partial charge is 0.0195 e. The Bertz CT molecular complexity index is 308. The van der Waals surface area contributed by atoms with Crippen LogP contribution in [0.25, 0.3) is 0 Å². The highest BCUT2D eigenvalue weighted by atomic mass is 15.3. The van der Waals surface area contributed by atoms with Gasteiger partial charge in [-0.25, -0.2) is 0 Å². The van der Waals surface area contributed by atoms with Gasteiger partial charge in [0.1, 0.15) is 0 Å². The highest BCUT2D eigenvalue weighted by Gasteiger charge is 2.25. The molecule has 1 atom stereocenters. The molecule has 0 radical (unpaired) electrons. The third-order valence-electron chi connectivity index (χ3n) is 5.68. The van der Waals surface area contributed by atoms with Crippen molar-refractivity contribution in [2.45, 2.75) is 66.0 Å². The fourth-order valence-electron chi connectivity index (χ4n) is 4.14. The van der Waals surface area contributed by atoms with Crippen LogP contribution in [0.3, 0.4) is 0 Å². The molecule has 130 valence electrons. The van der Waals surface area contributed by atoms with Gasteiger partial charge in [-0.2, -0.15) is 0 Å². The minimum Gasteiger partial charge on any atom is -0.301 e. The lowest BCUT2D eigenvalue weighted by molar-refractivity contribution is 0.0663. The second-order valence-corrected chi connectivity index (χ2v) is 8.40. The molecule has 0 aromatic carbocycles. The van der Waals surface area contributed by atoms with Crippen LogP contribution in [0, 0.1) is 11.8 Å². The molecule has 0 bridgehead atoms. The predicted molar refractivity (Wildman–Crippen MR) is 96.4 cm³/mol. The molecule has 0 N–H and O–H groups in total. The molecule has 0 amide bonds. The van der Waals surface area contributed by atoms with Crippen molar-refractivity contribution in [3.8, 4) is 0 Å². The van der Waals surface area contributed by atoms with Gasteiger partial charge in [-0.15, -0.1) is 0 Å². The maximum Gasteiger partial charge on any atom is 0.0195 e. The van der Waals surface area contributed by atoms with Crippen molar-refractivity contribution in [2.24, 2.45) is 11.8 Å². The van der Waals surface area contributed by atoms with Crippen LogP contribution in [-0.2, 0) is 0 Å². The Hall–Kier alpha value is -0.120. The SMILES string of the molecule is CC(C)CN1CCN(CCC2CCN(C(C)C)CC2)CC1C. The summed E-state index contributed by atoms with van der Waals surface area (Å²) in [7, 11) is 0. The molecule has 3 heteroatoms. The van der Waals surface area contributed by atoms with Crippen LogP contribution in [0.4, 0.5) is 0 Å². The van der Waals surface area contributed by atoms with E-state index in [9.17, 15) is 0 Å².